The monoisotopic (exact) mass is 595 g/mol. The van der Waals surface area contributed by atoms with Gasteiger partial charge in [-0.25, -0.2) is 8.78 Å². The summed E-state index contributed by atoms with van der Waals surface area (Å²) in [5.74, 6) is -40.3. The van der Waals surface area contributed by atoms with E-state index in [1.54, 1.807) is 0 Å². The lowest BCUT2D eigenvalue weighted by atomic mass is 9.94. The number of nitrogens with zero attached hydrogens (tertiary/aromatic N) is 1. The highest BCUT2D eigenvalue weighted by atomic mass is 32.2. The topological polar surface area (TPSA) is 69.4 Å². The molecule has 0 spiro atoms. The molecule has 5 nitrogen and oxygen atoms in total. The summed E-state index contributed by atoms with van der Waals surface area (Å²) in [7, 11) is 0. The van der Waals surface area contributed by atoms with Gasteiger partial charge in [0.1, 0.15) is 0 Å². The van der Waals surface area contributed by atoms with Crippen molar-refractivity contribution in [2.75, 3.05) is 12.4 Å². The first kappa shape index (κ1) is 32.4. The normalized spacial score (nSPS) is 14.2. The molecule has 0 fully saturated rings. The van der Waals surface area contributed by atoms with E-state index in [0.717, 1.165) is 0 Å². The van der Waals surface area contributed by atoms with Crippen molar-refractivity contribution >= 4 is 23.4 Å². The quantitative estimate of drug-likeness (QED) is 0.0938. The fourth-order valence-electron chi connectivity index (χ4n) is 2.17. The zero-order valence-corrected chi connectivity index (χ0v) is 17.7. The lowest BCUT2D eigenvalue weighted by Gasteiger charge is -2.38. The summed E-state index contributed by atoms with van der Waals surface area (Å²) in [6.07, 6.45) is -10.7. The highest BCUT2D eigenvalue weighted by molar-refractivity contribution is 8.00. The van der Waals surface area contributed by atoms with Gasteiger partial charge in [0.25, 0.3) is 5.69 Å². The molecule has 0 aliphatic heterocycles. The Bertz CT molecular complexity index is 1010. The summed E-state index contributed by atoms with van der Waals surface area (Å²) in [5.41, 5.74) is -2.80. The van der Waals surface area contributed by atoms with Crippen LogP contribution in [-0.2, 0) is 15.7 Å². The first-order valence-corrected chi connectivity index (χ1v) is 9.64. The van der Waals surface area contributed by atoms with Gasteiger partial charge in [-0.15, -0.1) is 11.8 Å². The number of hydrogen-bond donors (Lipinski definition) is 0. The van der Waals surface area contributed by atoms with Crippen LogP contribution < -0.4 is 0 Å². The van der Waals surface area contributed by atoms with Crippen LogP contribution in [0.2, 0.25) is 0 Å². The van der Waals surface area contributed by atoms with E-state index in [4.69, 9.17) is 0 Å². The number of halogens is 15. The Hall–Kier alpha value is -2.61. The van der Waals surface area contributed by atoms with E-state index in [-0.39, 0.29) is 23.9 Å². The number of nitro benzene ring substituents is 1. The molecule has 0 N–H and O–H groups in total. The van der Waals surface area contributed by atoms with E-state index in [0.29, 0.717) is 6.07 Å². The maximum atomic E-state index is 13.6. The van der Waals surface area contributed by atoms with Crippen molar-refractivity contribution in [2.45, 2.75) is 47.1 Å². The molecule has 0 heterocycles. The van der Waals surface area contributed by atoms with Gasteiger partial charge in [0.15, 0.2) is 6.61 Å². The van der Waals surface area contributed by atoms with Crippen LogP contribution in [0.15, 0.2) is 23.1 Å². The average Bonchev–Trinajstić information content (AvgIpc) is 2.74. The minimum absolute atomic E-state index is 0.000193. The van der Waals surface area contributed by atoms with Gasteiger partial charge >= 0.3 is 48.2 Å². The molecular weight excluding hydrogens is 587 g/mol. The molecule has 0 atom stereocenters. The van der Waals surface area contributed by atoms with Crippen LogP contribution in [0.1, 0.15) is 5.56 Å². The van der Waals surface area contributed by atoms with Gasteiger partial charge < -0.3 is 4.74 Å². The number of rotatable bonds is 11. The van der Waals surface area contributed by atoms with Crippen molar-refractivity contribution in [3.63, 3.8) is 0 Å². The van der Waals surface area contributed by atoms with Crippen molar-refractivity contribution in [1.29, 1.82) is 0 Å². The second-order valence-electron chi connectivity index (χ2n) is 6.74. The summed E-state index contributed by atoms with van der Waals surface area (Å²) in [6, 6.07) is 0.722. The SMILES string of the molecule is O=C(CSc1ccc(C(F)(F)F)cc1[N+](=O)[O-])OCC(F)(F)C(F)(F)C(F)(F)C(F)(F)C(F)(F)C(F)F. The zero-order valence-electron chi connectivity index (χ0n) is 16.9. The molecule has 37 heavy (non-hydrogen) atoms. The van der Waals surface area contributed by atoms with Gasteiger partial charge in [0.2, 0.25) is 0 Å². The van der Waals surface area contributed by atoms with Gasteiger partial charge in [0, 0.05) is 6.07 Å². The Balaban J connectivity index is 3.03. The zero-order chi connectivity index (χ0) is 29.4. The number of benzene rings is 1. The molecule has 21 heteroatoms. The molecule has 0 saturated carbocycles. The van der Waals surface area contributed by atoms with Crippen molar-refractivity contribution in [2.24, 2.45) is 0 Å². The Morgan fingerprint density at radius 1 is 0.892 bits per heavy atom. The van der Waals surface area contributed by atoms with Gasteiger partial charge in [-0.05, 0) is 12.1 Å². The Kier molecular flexibility index (Phi) is 9.00. The minimum Gasteiger partial charge on any atom is -0.458 e. The number of nitro groups is 1. The number of thioether (sulfide) groups is 1. The average molecular weight is 595 g/mol. The number of ether oxygens (including phenoxy) is 1. The fraction of sp³-hybridized carbons (Fsp3) is 0.562. The van der Waals surface area contributed by atoms with Gasteiger partial charge in [0.05, 0.1) is 21.1 Å². The molecule has 0 bridgehead atoms. The fourth-order valence-corrected chi connectivity index (χ4v) is 2.97. The predicted octanol–water partition coefficient (Wildman–Crippen LogP) is 6.69. The highest BCUT2D eigenvalue weighted by Gasteiger charge is 2.87. The van der Waals surface area contributed by atoms with Gasteiger partial charge in [-0.1, -0.05) is 0 Å². The summed E-state index contributed by atoms with van der Waals surface area (Å²) < 4.78 is 198. The maximum absolute atomic E-state index is 13.6. The van der Waals surface area contributed by atoms with Crippen molar-refractivity contribution in [3.8, 4) is 0 Å². The molecule has 0 radical (unpaired) electrons. The van der Waals surface area contributed by atoms with Crippen LogP contribution in [0.4, 0.5) is 71.5 Å². The van der Waals surface area contributed by atoms with Crippen LogP contribution in [0.5, 0.6) is 0 Å². The van der Waals surface area contributed by atoms with Crippen LogP contribution in [-0.4, -0.2) is 59.3 Å². The van der Waals surface area contributed by atoms with Crippen molar-refractivity contribution in [3.05, 3.63) is 33.9 Å². The van der Waals surface area contributed by atoms with E-state index in [1.165, 1.54) is 0 Å². The number of alkyl halides is 15. The molecule has 212 valence electrons. The third-order valence-electron chi connectivity index (χ3n) is 4.18. The third kappa shape index (κ3) is 6.11. The maximum Gasteiger partial charge on any atom is 0.416 e. The summed E-state index contributed by atoms with van der Waals surface area (Å²) in [6.45, 7) is -3.19. The van der Waals surface area contributed by atoms with Crippen LogP contribution in [0.3, 0.4) is 0 Å². The van der Waals surface area contributed by atoms with Crippen molar-refractivity contribution < 1.29 is 80.3 Å². The summed E-state index contributed by atoms with van der Waals surface area (Å²) >= 11 is -0.0894. The van der Waals surface area contributed by atoms with Crippen LogP contribution in [0.25, 0.3) is 0 Å². The molecule has 1 aromatic rings. The number of esters is 1. The Morgan fingerprint density at radius 2 is 1.41 bits per heavy atom. The highest BCUT2D eigenvalue weighted by Crippen LogP contribution is 2.58. The van der Waals surface area contributed by atoms with Gasteiger partial charge in [-0.3, -0.25) is 14.9 Å². The van der Waals surface area contributed by atoms with E-state index in [9.17, 15) is 80.8 Å². The number of carbonyl (C=O) groups is 1. The Labute approximate surface area is 198 Å². The molecule has 0 saturated heterocycles. The van der Waals surface area contributed by atoms with E-state index >= 15 is 0 Å². The van der Waals surface area contributed by atoms with Crippen LogP contribution in [0, 0.1) is 10.1 Å². The van der Waals surface area contributed by atoms with Crippen molar-refractivity contribution in [1.82, 2.24) is 0 Å². The van der Waals surface area contributed by atoms with Gasteiger partial charge in [-0.2, -0.15) is 57.1 Å². The number of carbonyl (C=O) groups excluding carboxylic acids is 1. The molecule has 0 aliphatic rings. The largest absolute Gasteiger partial charge is 0.458 e. The second-order valence-corrected chi connectivity index (χ2v) is 7.76. The Morgan fingerprint density at radius 3 is 1.84 bits per heavy atom. The van der Waals surface area contributed by atoms with Crippen LogP contribution >= 0.6 is 11.8 Å². The lowest BCUT2D eigenvalue weighted by molar-refractivity contribution is -0.414. The predicted molar refractivity (Wildman–Crippen MR) is 90.5 cm³/mol. The molecule has 0 amide bonds. The molecular formula is C16H8F15NO4S. The molecule has 0 aliphatic carbocycles. The summed E-state index contributed by atoms with van der Waals surface area (Å²) in [5, 5.41) is 10.9. The minimum atomic E-state index is -7.83. The first-order valence-electron chi connectivity index (χ1n) is 8.66. The molecule has 0 aromatic heterocycles. The first-order chi connectivity index (χ1) is 16.3. The smallest absolute Gasteiger partial charge is 0.416 e. The van der Waals surface area contributed by atoms with E-state index in [2.05, 4.69) is 4.74 Å². The standard InChI is InChI=1S/C16H8F15NO4S/c17-10(18)12(21,22)15(28,29)16(30,31)14(26,27)11(19,20)5-36-9(33)4-37-8-2-1-6(13(23,24)25)3-7(8)32(34)35/h1-3,10H,4-5H2. The van der Waals surface area contributed by atoms with E-state index in [1.807, 2.05) is 0 Å². The summed E-state index contributed by atoms with van der Waals surface area (Å²) in [4.78, 5) is 20.3. The molecule has 1 rings (SSSR count). The number of hydrogen-bond acceptors (Lipinski definition) is 5. The third-order valence-corrected chi connectivity index (χ3v) is 5.22. The molecule has 1 aromatic carbocycles. The second kappa shape index (κ2) is 10.3. The molecule has 0 unspecified atom stereocenters. The van der Waals surface area contributed by atoms with E-state index < -0.39 is 81.6 Å². The lowest BCUT2D eigenvalue weighted by Crippen LogP contribution is -2.69.